The highest BCUT2D eigenvalue weighted by atomic mass is 14.9. The van der Waals surface area contributed by atoms with Gasteiger partial charge < -0.3 is 14.1 Å². The summed E-state index contributed by atoms with van der Waals surface area (Å²) in [5.41, 5.74) is 7.70. The minimum atomic E-state index is 0.137. The summed E-state index contributed by atoms with van der Waals surface area (Å²) in [7, 11) is 4.28. The molecule has 3 nitrogen and oxygen atoms in total. The third kappa shape index (κ3) is 2.38. The lowest BCUT2D eigenvalue weighted by molar-refractivity contribution is 0.915. The van der Waals surface area contributed by atoms with E-state index >= 15 is 0 Å². The Labute approximate surface area is 175 Å². The van der Waals surface area contributed by atoms with Crippen LogP contribution in [0.4, 0.5) is 0 Å². The molecule has 0 aliphatic heterocycles. The highest BCUT2D eigenvalue weighted by Crippen LogP contribution is 2.42. The summed E-state index contributed by atoms with van der Waals surface area (Å²) < 4.78 is 4.50. The van der Waals surface area contributed by atoms with Crippen LogP contribution in [0.15, 0.2) is 91.4 Å². The van der Waals surface area contributed by atoms with Crippen molar-refractivity contribution in [2.75, 3.05) is 0 Å². The number of H-pyrrole nitrogens is 1. The average Bonchev–Trinajstić information content (AvgIpc) is 3.45. The Balaban J connectivity index is 1.73. The maximum atomic E-state index is 3.50. The molecule has 146 valence electrons. The zero-order chi connectivity index (χ0) is 20.2. The Bertz CT molecular complexity index is 1450. The van der Waals surface area contributed by atoms with Crippen LogP contribution in [0.25, 0.3) is 32.7 Å². The van der Waals surface area contributed by atoms with E-state index in [1.54, 1.807) is 0 Å². The molecule has 3 aromatic carbocycles. The fourth-order valence-corrected chi connectivity index (χ4v) is 5.04. The molecular weight excluding hydrogens is 366 g/mol. The van der Waals surface area contributed by atoms with Gasteiger partial charge in [-0.1, -0.05) is 54.6 Å². The number of hydrogen-bond donors (Lipinski definition) is 1. The lowest BCUT2D eigenvalue weighted by Gasteiger charge is -2.16. The van der Waals surface area contributed by atoms with Crippen molar-refractivity contribution in [3.05, 3.63) is 108 Å². The first-order valence-electron chi connectivity index (χ1n) is 10.4. The average molecular weight is 390 g/mol. The topological polar surface area (TPSA) is 25.6 Å². The Kier molecular flexibility index (Phi) is 3.66. The monoisotopic (exact) mass is 389 g/mol. The Morgan fingerprint density at radius 1 is 0.600 bits per heavy atom. The quantitative estimate of drug-likeness (QED) is 0.366. The third-order valence-electron chi connectivity index (χ3n) is 6.41. The van der Waals surface area contributed by atoms with Gasteiger partial charge in [0.25, 0.3) is 0 Å². The molecule has 0 fully saturated rings. The van der Waals surface area contributed by atoms with E-state index in [1.165, 1.54) is 49.4 Å². The number of aromatic amines is 1. The first kappa shape index (κ1) is 17.2. The van der Waals surface area contributed by atoms with Gasteiger partial charge in [-0.25, -0.2) is 0 Å². The van der Waals surface area contributed by atoms with Crippen molar-refractivity contribution in [1.29, 1.82) is 0 Å². The molecule has 0 radical (unpaired) electrons. The van der Waals surface area contributed by atoms with Gasteiger partial charge in [0, 0.05) is 71.3 Å². The van der Waals surface area contributed by atoms with Crippen LogP contribution in [0, 0.1) is 0 Å². The molecule has 0 spiro atoms. The predicted molar refractivity (Wildman–Crippen MR) is 125 cm³/mol. The summed E-state index contributed by atoms with van der Waals surface area (Å²) in [6.07, 6.45) is 6.80. The number of rotatable bonds is 3. The molecule has 3 heteroatoms. The molecule has 0 saturated heterocycles. The first-order valence-corrected chi connectivity index (χ1v) is 10.4. The number of aryl methyl sites for hydroxylation is 2. The van der Waals surface area contributed by atoms with Crippen LogP contribution in [0.3, 0.4) is 0 Å². The van der Waals surface area contributed by atoms with Crippen molar-refractivity contribution in [3.8, 4) is 0 Å². The molecule has 3 heterocycles. The van der Waals surface area contributed by atoms with Crippen LogP contribution in [-0.2, 0) is 14.1 Å². The fourth-order valence-electron chi connectivity index (χ4n) is 5.04. The molecule has 0 aliphatic rings. The molecule has 30 heavy (non-hydrogen) atoms. The smallest absolute Gasteiger partial charge is 0.0480 e. The molecule has 0 bridgehead atoms. The van der Waals surface area contributed by atoms with Crippen LogP contribution in [0.1, 0.15) is 22.6 Å². The molecule has 0 saturated carbocycles. The summed E-state index contributed by atoms with van der Waals surface area (Å²) in [4.78, 5) is 3.50. The molecule has 0 amide bonds. The largest absolute Gasteiger partial charge is 0.361 e. The third-order valence-corrected chi connectivity index (χ3v) is 6.41. The summed E-state index contributed by atoms with van der Waals surface area (Å²) >= 11 is 0. The summed E-state index contributed by atoms with van der Waals surface area (Å²) in [5, 5.41) is 3.90. The highest BCUT2D eigenvalue weighted by Gasteiger charge is 2.26. The number of fused-ring (bicyclic) bond motifs is 3. The predicted octanol–water partition coefficient (Wildman–Crippen LogP) is 6.33. The summed E-state index contributed by atoms with van der Waals surface area (Å²) in [6.45, 7) is 0. The summed E-state index contributed by atoms with van der Waals surface area (Å²) in [5.74, 6) is 0.137. The van der Waals surface area contributed by atoms with E-state index in [9.17, 15) is 0 Å². The minimum Gasteiger partial charge on any atom is -0.361 e. The van der Waals surface area contributed by atoms with E-state index in [0.717, 1.165) is 0 Å². The van der Waals surface area contributed by atoms with Gasteiger partial charge in [-0.15, -0.1) is 0 Å². The van der Waals surface area contributed by atoms with Crippen molar-refractivity contribution in [2.45, 2.75) is 5.92 Å². The number of para-hydroxylation sites is 3. The van der Waals surface area contributed by atoms with E-state index < -0.39 is 0 Å². The zero-order valence-corrected chi connectivity index (χ0v) is 17.1. The van der Waals surface area contributed by atoms with Gasteiger partial charge in [0.05, 0.1) is 0 Å². The number of nitrogens with zero attached hydrogens (tertiary/aromatic N) is 2. The highest BCUT2D eigenvalue weighted by molar-refractivity contribution is 5.93. The molecule has 6 rings (SSSR count). The van der Waals surface area contributed by atoms with Gasteiger partial charge in [0.15, 0.2) is 0 Å². The molecule has 3 aromatic heterocycles. The molecule has 6 aromatic rings. The molecule has 0 aliphatic carbocycles. The van der Waals surface area contributed by atoms with Gasteiger partial charge >= 0.3 is 0 Å². The normalized spacial score (nSPS) is 12.0. The van der Waals surface area contributed by atoms with Crippen molar-refractivity contribution >= 4 is 32.7 Å². The van der Waals surface area contributed by atoms with E-state index in [4.69, 9.17) is 0 Å². The van der Waals surface area contributed by atoms with Gasteiger partial charge in [-0.2, -0.15) is 0 Å². The van der Waals surface area contributed by atoms with Crippen LogP contribution < -0.4 is 0 Å². The Morgan fingerprint density at radius 2 is 1.10 bits per heavy atom. The van der Waals surface area contributed by atoms with Gasteiger partial charge in [0.1, 0.15) is 0 Å². The van der Waals surface area contributed by atoms with E-state index in [0.29, 0.717) is 0 Å². The second kappa shape index (κ2) is 6.39. The second-order valence-corrected chi connectivity index (χ2v) is 8.15. The van der Waals surface area contributed by atoms with Gasteiger partial charge in [-0.3, -0.25) is 0 Å². The molecule has 0 unspecified atom stereocenters. The van der Waals surface area contributed by atoms with Crippen molar-refractivity contribution in [2.24, 2.45) is 14.1 Å². The van der Waals surface area contributed by atoms with Crippen LogP contribution in [0.2, 0.25) is 0 Å². The molecular formula is C27H23N3. The number of nitrogens with one attached hydrogen (secondary N) is 1. The number of aromatic nitrogens is 3. The Hall–Kier alpha value is -3.72. The van der Waals surface area contributed by atoms with Crippen molar-refractivity contribution < 1.29 is 0 Å². The van der Waals surface area contributed by atoms with Gasteiger partial charge in [0.2, 0.25) is 0 Å². The van der Waals surface area contributed by atoms with Crippen LogP contribution in [0.5, 0.6) is 0 Å². The van der Waals surface area contributed by atoms with Crippen LogP contribution >= 0.6 is 0 Å². The van der Waals surface area contributed by atoms with Crippen LogP contribution in [-0.4, -0.2) is 14.1 Å². The van der Waals surface area contributed by atoms with Crippen molar-refractivity contribution in [1.82, 2.24) is 14.1 Å². The van der Waals surface area contributed by atoms with Crippen molar-refractivity contribution in [3.63, 3.8) is 0 Å². The Morgan fingerprint density at radius 3 is 1.70 bits per heavy atom. The lowest BCUT2D eigenvalue weighted by atomic mass is 9.84. The minimum absolute atomic E-state index is 0.137. The lowest BCUT2D eigenvalue weighted by Crippen LogP contribution is -2.02. The van der Waals surface area contributed by atoms with E-state index in [2.05, 4.69) is 120 Å². The number of hydrogen-bond acceptors (Lipinski definition) is 0. The maximum Gasteiger partial charge on any atom is 0.0480 e. The standard InChI is InChI=1S/C27H23N3/c1-29-16-22(19-10-4-7-13-25(19)29)27(21-15-28-24-12-6-3-9-18(21)24)23-17-30(2)26-14-8-5-11-20(23)26/h3-17,27-28H,1-2H3. The fraction of sp³-hybridized carbons (Fsp3) is 0.111. The number of benzene rings is 3. The van der Waals surface area contributed by atoms with E-state index in [1.807, 2.05) is 0 Å². The molecule has 1 N–H and O–H groups in total. The molecule has 0 atom stereocenters. The first-order chi connectivity index (χ1) is 14.7. The second-order valence-electron chi connectivity index (χ2n) is 8.15. The van der Waals surface area contributed by atoms with Gasteiger partial charge in [-0.05, 0) is 34.9 Å². The van der Waals surface area contributed by atoms with E-state index in [-0.39, 0.29) is 5.92 Å². The maximum absolute atomic E-state index is 3.50. The SMILES string of the molecule is Cn1cc(C(c2c[nH]c3ccccc23)c2cn(C)c3ccccc23)c2ccccc21. The summed E-state index contributed by atoms with van der Waals surface area (Å²) in [6, 6.07) is 26.0. The zero-order valence-electron chi connectivity index (χ0n) is 17.1.